The van der Waals surface area contributed by atoms with Crippen molar-refractivity contribution in [1.82, 2.24) is 10.2 Å². The lowest BCUT2D eigenvalue weighted by Gasteiger charge is -2.58. The highest BCUT2D eigenvalue weighted by Gasteiger charge is 2.59. The van der Waals surface area contributed by atoms with Crippen LogP contribution in [0.2, 0.25) is 0 Å². The van der Waals surface area contributed by atoms with Crippen molar-refractivity contribution < 1.29 is 29.0 Å². The molecule has 0 radical (unpaired) electrons. The summed E-state index contributed by atoms with van der Waals surface area (Å²) in [6.45, 7) is 16.6. The van der Waals surface area contributed by atoms with Gasteiger partial charge in [-0.15, -0.1) is 0 Å². The lowest BCUT2D eigenvalue weighted by molar-refractivity contribution is -0.144. The van der Waals surface area contributed by atoms with E-state index in [4.69, 9.17) is 9.47 Å². The first-order chi connectivity index (χ1) is 26.9. The first-order valence-electron chi connectivity index (χ1n) is 23.6. The van der Waals surface area contributed by atoms with Crippen LogP contribution >= 0.6 is 0 Å². The molecule has 1 amide bonds. The molecule has 8 atom stereocenters. The van der Waals surface area contributed by atoms with Gasteiger partial charge in [-0.1, -0.05) is 130 Å². The minimum absolute atomic E-state index is 0.0198. The number of unbranched alkanes of at least 4 members (excludes halogenated alkanes) is 9. The lowest BCUT2D eigenvalue weighted by Crippen LogP contribution is -2.51. The van der Waals surface area contributed by atoms with E-state index in [1.54, 1.807) is 0 Å². The van der Waals surface area contributed by atoms with Crippen molar-refractivity contribution in [2.45, 2.75) is 195 Å². The quantitative estimate of drug-likeness (QED) is 0.0511. The number of alkyl carbamates (subject to hydrolysis) is 1. The van der Waals surface area contributed by atoms with Crippen LogP contribution in [0.25, 0.3) is 0 Å². The van der Waals surface area contributed by atoms with Crippen molar-refractivity contribution in [3.63, 3.8) is 0 Å². The lowest BCUT2D eigenvalue weighted by atomic mass is 9.47. The molecular formula is C48H84N2O6. The first-order valence-corrected chi connectivity index (χ1v) is 23.6. The van der Waals surface area contributed by atoms with Gasteiger partial charge in [0, 0.05) is 32.6 Å². The van der Waals surface area contributed by atoms with E-state index >= 15 is 0 Å². The summed E-state index contributed by atoms with van der Waals surface area (Å²) in [7, 11) is 0. The molecule has 3 fully saturated rings. The molecule has 0 spiro atoms. The highest BCUT2D eigenvalue weighted by Crippen LogP contribution is 2.67. The molecular weight excluding hydrogens is 701 g/mol. The first kappa shape index (κ1) is 46.6. The number of carboxylic acids is 1. The predicted molar refractivity (Wildman–Crippen MR) is 227 cm³/mol. The molecule has 0 aromatic carbocycles. The summed E-state index contributed by atoms with van der Waals surface area (Å²) in [6.07, 6.45) is 28.1. The zero-order valence-corrected chi connectivity index (χ0v) is 36.9. The highest BCUT2D eigenvalue weighted by molar-refractivity contribution is 5.69. The molecule has 8 heteroatoms. The number of fused-ring (bicyclic) bond motifs is 5. The van der Waals surface area contributed by atoms with Crippen molar-refractivity contribution in [2.75, 3.05) is 32.8 Å². The SMILES string of the molecule is CCCCCCCCCCCCOC(=O)CCN(CCNC(=O)O[C@H]1CC[C@@]2(C)C(=CCC3[C@@H]4CC[C@H]([C@H](C)CCCC(C)C)[C@@]4(C)CC[C@@H]32)C1)CCC(=O)O. The van der Waals surface area contributed by atoms with E-state index in [2.05, 4.69) is 52.9 Å². The molecule has 322 valence electrons. The van der Waals surface area contributed by atoms with Crippen LogP contribution in [0.5, 0.6) is 0 Å². The normalized spacial score (nSPS) is 28.9. The van der Waals surface area contributed by atoms with Gasteiger partial charge in [0.2, 0.25) is 0 Å². The number of carbonyl (C=O) groups excluding carboxylic acids is 2. The summed E-state index contributed by atoms with van der Waals surface area (Å²) in [5.74, 6) is 3.72. The molecule has 56 heavy (non-hydrogen) atoms. The molecule has 0 heterocycles. The Bertz CT molecular complexity index is 1240. The maximum atomic E-state index is 13.0. The van der Waals surface area contributed by atoms with Crippen LogP contribution in [0.1, 0.15) is 189 Å². The van der Waals surface area contributed by atoms with Crippen LogP contribution in [0.3, 0.4) is 0 Å². The number of carboxylic acid groups (broad SMARTS) is 1. The van der Waals surface area contributed by atoms with Gasteiger partial charge in [0.15, 0.2) is 0 Å². The van der Waals surface area contributed by atoms with Gasteiger partial charge in [-0.25, -0.2) is 4.79 Å². The Morgan fingerprint density at radius 1 is 0.839 bits per heavy atom. The summed E-state index contributed by atoms with van der Waals surface area (Å²) < 4.78 is 11.5. The van der Waals surface area contributed by atoms with Gasteiger partial charge in [-0.2, -0.15) is 0 Å². The van der Waals surface area contributed by atoms with E-state index < -0.39 is 12.1 Å². The Labute approximate surface area is 342 Å². The Morgan fingerprint density at radius 2 is 1.54 bits per heavy atom. The second-order valence-electron chi connectivity index (χ2n) is 19.6. The van der Waals surface area contributed by atoms with Crippen molar-refractivity contribution >= 4 is 18.0 Å². The topological polar surface area (TPSA) is 105 Å². The molecule has 0 aromatic heterocycles. The van der Waals surface area contributed by atoms with Crippen molar-refractivity contribution in [3.05, 3.63) is 11.6 Å². The zero-order valence-electron chi connectivity index (χ0n) is 36.9. The largest absolute Gasteiger partial charge is 0.481 e. The second kappa shape index (κ2) is 23.5. The van der Waals surface area contributed by atoms with Gasteiger partial charge in [0.05, 0.1) is 19.4 Å². The van der Waals surface area contributed by atoms with Crippen molar-refractivity contribution in [3.8, 4) is 0 Å². The third-order valence-corrected chi connectivity index (χ3v) is 15.3. The predicted octanol–water partition coefficient (Wildman–Crippen LogP) is 11.8. The number of carbonyl (C=O) groups is 3. The number of rotatable bonds is 26. The van der Waals surface area contributed by atoms with Crippen molar-refractivity contribution in [2.24, 2.45) is 46.3 Å². The third-order valence-electron chi connectivity index (χ3n) is 15.3. The number of hydrogen-bond donors (Lipinski definition) is 2. The zero-order chi connectivity index (χ0) is 40.6. The molecule has 0 aromatic rings. The monoisotopic (exact) mass is 785 g/mol. The maximum Gasteiger partial charge on any atom is 0.407 e. The summed E-state index contributed by atoms with van der Waals surface area (Å²) in [4.78, 5) is 38.6. The maximum absolute atomic E-state index is 13.0. The van der Waals surface area contributed by atoms with Gasteiger partial charge in [0.25, 0.3) is 0 Å². The Balaban J connectivity index is 1.15. The molecule has 0 saturated heterocycles. The molecule has 4 aliphatic rings. The molecule has 0 bridgehead atoms. The van der Waals surface area contributed by atoms with Gasteiger partial charge >= 0.3 is 18.0 Å². The molecule has 3 saturated carbocycles. The van der Waals surface area contributed by atoms with Gasteiger partial charge in [-0.05, 0) is 97.7 Å². The van der Waals surface area contributed by atoms with Crippen LogP contribution in [0.4, 0.5) is 4.79 Å². The van der Waals surface area contributed by atoms with Gasteiger partial charge in [0.1, 0.15) is 6.10 Å². The molecule has 8 nitrogen and oxygen atoms in total. The highest BCUT2D eigenvalue weighted by atomic mass is 16.6. The fourth-order valence-electron chi connectivity index (χ4n) is 11.9. The molecule has 2 N–H and O–H groups in total. The average Bonchev–Trinajstić information content (AvgIpc) is 3.52. The number of ether oxygens (including phenoxy) is 2. The van der Waals surface area contributed by atoms with Gasteiger partial charge in [-0.3, -0.25) is 9.59 Å². The summed E-state index contributed by atoms with van der Waals surface area (Å²) in [6, 6.07) is 0. The number of nitrogens with zero attached hydrogens (tertiary/aromatic N) is 1. The van der Waals surface area contributed by atoms with E-state index in [1.807, 2.05) is 4.90 Å². The number of esters is 1. The fraction of sp³-hybridized carbons (Fsp3) is 0.896. The van der Waals surface area contributed by atoms with Crippen LogP contribution in [-0.4, -0.2) is 66.9 Å². The number of aliphatic carboxylic acids is 1. The fourth-order valence-corrected chi connectivity index (χ4v) is 11.9. The smallest absolute Gasteiger partial charge is 0.407 e. The van der Waals surface area contributed by atoms with Crippen LogP contribution in [0, 0.1) is 46.3 Å². The Hall–Kier alpha value is -2.09. The van der Waals surface area contributed by atoms with Crippen molar-refractivity contribution in [1.29, 1.82) is 0 Å². The van der Waals surface area contributed by atoms with E-state index in [1.165, 1.54) is 108 Å². The number of nitrogens with one attached hydrogen (secondary N) is 1. The summed E-state index contributed by atoms with van der Waals surface area (Å²) >= 11 is 0. The third kappa shape index (κ3) is 13.8. The van der Waals surface area contributed by atoms with Crippen LogP contribution in [-0.2, 0) is 19.1 Å². The molecule has 4 aliphatic carbocycles. The Morgan fingerprint density at radius 3 is 2.23 bits per heavy atom. The van der Waals surface area contributed by atoms with Crippen LogP contribution in [0.15, 0.2) is 11.6 Å². The van der Waals surface area contributed by atoms with Gasteiger partial charge < -0.3 is 24.8 Å². The number of amides is 1. The van der Waals surface area contributed by atoms with E-state index in [0.29, 0.717) is 38.2 Å². The summed E-state index contributed by atoms with van der Waals surface area (Å²) in [5.41, 5.74) is 2.21. The summed E-state index contributed by atoms with van der Waals surface area (Å²) in [5, 5.41) is 12.2. The average molecular weight is 785 g/mol. The second-order valence-corrected chi connectivity index (χ2v) is 19.6. The Kier molecular flexibility index (Phi) is 19.5. The number of allylic oxidation sites excluding steroid dienone is 1. The molecule has 0 aliphatic heterocycles. The molecule has 4 rings (SSSR count). The molecule has 1 unspecified atom stereocenters. The van der Waals surface area contributed by atoms with E-state index in [-0.39, 0.29) is 30.3 Å². The minimum Gasteiger partial charge on any atom is -0.481 e. The minimum atomic E-state index is -0.879. The van der Waals surface area contributed by atoms with Crippen LogP contribution < -0.4 is 5.32 Å². The van der Waals surface area contributed by atoms with E-state index in [0.717, 1.165) is 67.6 Å². The van der Waals surface area contributed by atoms with E-state index in [9.17, 15) is 19.5 Å². The standard InChI is InChI=1S/C48H84N2O6/c1-7-8-9-10-11-12-13-14-15-16-34-55-45(53)27-32-50(31-26-44(51)52)33-30-49-46(54)56-39-24-28-47(5)38(35-39)20-21-40-42-23-22-41(37(4)19-17-18-36(2)3)48(42,6)29-25-43(40)47/h20,36-37,39-43H,7-19,21-35H2,1-6H3,(H,49,54)(H,51,52)/t37-,39+,40?,41-,42+,43+,47+,48-/m1/s1. The number of hydrogen-bond acceptors (Lipinski definition) is 6.